The molecule has 0 radical (unpaired) electrons. The molecule has 0 fully saturated rings. The average molecular weight is 296 g/mol. The lowest BCUT2D eigenvalue weighted by molar-refractivity contribution is -0.150. The lowest BCUT2D eigenvalue weighted by atomic mass is 10.2. The Morgan fingerprint density at radius 1 is 1.35 bits per heavy atom. The summed E-state index contributed by atoms with van der Waals surface area (Å²) in [5, 5.41) is 3.26. The molecule has 1 N–H and O–H groups in total. The highest BCUT2D eigenvalue weighted by molar-refractivity contribution is 6.31. The summed E-state index contributed by atoms with van der Waals surface area (Å²) < 4.78 is 4.98. The van der Waals surface area contributed by atoms with E-state index in [-0.39, 0.29) is 5.91 Å². The standard InChI is InChI=1S/C15H18ClNO3/c1-10(2)8-14(18)20-11(3)15(19)17-9-12-6-4-5-7-13(12)16/h4-8,11H,9H2,1-3H3,(H,17,19). The van der Waals surface area contributed by atoms with Crippen LogP contribution in [0.4, 0.5) is 0 Å². The minimum Gasteiger partial charge on any atom is -0.449 e. The molecule has 1 unspecified atom stereocenters. The summed E-state index contributed by atoms with van der Waals surface area (Å²) in [5.74, 6) is -0.884. The molecule has 20 heavy (non-hydrogen) atoms. The first-order chi connectivity index (χ1) is 9.40. The van der Waals surface area contributed by atoms with E-state index in [1.807, 2.05) is 18.2 Å². The van der Waals surface area contributed by atoms with Crippen LogP contribution in [0.2, 0.25) is 5.02 Å². The van der Waals surface area contributed by atoms with E-state index >= 15 is 0 Å². The van der Waals surface area contributed by atoms with Crippen LogP contribution in [0.1, 0.15) is 26.3 Å². The number of rotatable bonds is 5. The van der Waals surface area contributed by atoms with Gasteiger partial charge < -0.3 is 10.1 Å². The van der Waals surface area contributed by atoms with Crippen LogP contribution in [-0.4, -0.2) is 18.0 Å². The van der Waals surface area contributed by atoms with E-state index in [1.54, 1.807) is 19.9 Å². The molecule has 0 aliphatic rings. The second-order valence-electron chi connectivity index (χ2n) is 4.61. The van der Waals surface area contributed by atoms with E-state index in [1.165, 1.54) is 13.0 Å². The fourth-order valence-electron chi connectivity index (χ4n) is 1.47. The van der Waals surface area contributed by atoms with E-state index in [9.17, 15) is 9.59 Å². The van der Waals surface area contributed by atoms with Gasteiger partial charge in [0.15, 0.2) is 6.10 Å². The zero-order valence-electron chi connectivity index (χ0n) is 11.8. The van der Waals surface area contributed by atoms with Crippen LogP contribution in [0.15, 0.2) is 35.9 Å². The number of nitrogens with one attached hydrogen (secondary N) is 1. The molecule has 0 aromatic heterocycles. The molecule has 0 bridgehead atoms. The predicted molar refractivity (Wildman–Crippen MR) is 78.3 cm³/mol. The van der Waals surface area contributed by atoms with Crippen molar-refractivity contribution in [1.29, 1.82) is 0 Å². The van der Waals surface area contributed by atoms with Crippen molar-refractivity contribution in [1.82, 2.24) is 5.32 Å². The zero-order valence-corrected chi connectivity index (χ0v) is 12.5. The maximum absolute atomic E-state index is 11.8. The lowest BCUT2D eigenvalue weighted by Gasteiger charge is -2.13. The summed E-state index contributed by atoms with van der Waals surface area (Å²) >= 11 is 5.98. The van der Waals surface area contributed by atoms with Gasteiger partial charge >= 0.3 is 5.97 Å². The first-order valence-electron chi connectivity index (χ1n) is 6.26. The van der Waals surface area contributed by atoms with Gasteiger partial charge in [-0.3, -0.25) is 4.79 Å². The number of hydrogen-bond donors (Lipinski definition) is 1. The molecule has 1 aromatic rings. The number of esters is 1. The Bertz CT molecular complexity index is 522. The van der Waals surface area contributed by atoms with Gasteiger partial charge in [0.1, 0.15) is 0 Å². The summed E-state index contributed by atoms with van der Waals surface area (Å²) in [6.07, 6.45) is 0.498. The van der Waals surface area contributed by atoms with Gasteiger partial charge in [0.05, 0.1) is 0 Å². The van der Waals surface area contributed by atoms with E-state index in [0.29, 0.717) is 11.6 Å². The SMILES string of the molecule is CC(C)=CC(=O)OC(C)C(=O)NCc1ccccc1Cl. The first kappa shape index (κ1) is 16.2. The third-order valence-corrected chi connectivity index (χ3v) is 2.85. The number of amides is 1. The largest absolute Gasteiger partial charge is 0.449 e. The van der Waals surface area contributed by atoms with Crippen molar-refractivity contribution >= 4 is 23.5 Å². The summed E-state index contributed by atoms with van der Waals surface area (Å²) in [6.45, 7) is 5.38. The lowest BCUT2D eigenvalue weighted by Crippen LogP contribution is -2.35. The van der Waals surface area contributed by atoms with Crippen molar-refractivity contribution in [3.8, 4) is 0 Å². The molecule has 1 atom stereocenters. The minimum absolute atomic E-state index is 0.295. The molecule has 0 spiro atoms. The highest BCUT2D eigenvalue weighted by Crippen LogP contribution is 2.14. The molecule has 1 amide bonds. The molecular weight excluding hydrogens is 278 g/mol. The zero-order chi connectivity index (χ0) is 15.1. The van der Waals surface area contributed by atoms with Gasteiger partial charge in [0, 0.05) is 17.6 Å². The number of hydrogen-bond acceptors (Lipinski definition) is 3. The molecule has 5 heteroatoms. The van der Waals surface area contributed by atoms with Crippen molar-refractivity contribution in [3.63, 3.8) is 0 Å². The highest BCUT2D eigenvalue weighted by Gasteiger charge is 2.16. The molecule has 0 aliphatic heterocycles. The third kappa shape index (κ3) is 5.45. The molecule has 0 saturated carbocycles. The number of ether oxygens (including phenoxy) is 1. The molecule has 0 saturated heterocycles. The first-order valence-corrected chi connectivity index (χ1v) is 6.64. The van der Waals surface area contributed by atoms with Gasteiger partial charge in [-0.1, -0.05) is 35.4 Å². The Morgan fingerprint density at radius 3 is 2.60 bits per heavy atom. The maximum atomic E-state index is 11.8. The molecular formula is C15H18ClNO3. The Morgan fingerprint density at radius 2 is 2.00 bits per heavy atom. The van der Waals surface area contributed by atoms with Gasteiger partial charge in [-0.25, -0.2) is 4.79 Å². The normalized spacial score (nSPS) is 11.4. The van der Waals surface area contributed by atoms with Crippen molar-refractivity contribution in [2.24, 2.45) is 0 Å². The van der Waals surface area contributed by atoms with Crippen LogP contribution in [0, 0.1) is 0 Å². The molecule has 108 valence electrons. The molecule has 1 rings (SSSR count). The summed E-state index contributed by atoms with van der Waals surface area (Å²) in [4.78, 5) is 23.2. The average Bonchev–Trinajstić information content (AvgIpc) is 2.36. The smallest absolute Gasteiger partial charge is 0.331 e. The predicted octanol–water partition coefficient (Wildman–Crippen LogP) is 2.85. The topological polar surface area (TPSA) is 55.4 Å². The van der Waals surface area contributed by atoms with Crippen LogP contribution >= 0.6 is 11.6 Å². The molecule has 0 heterocycles. The fourth-order valence-corrected chi connectivity index (χ4v) is 1.67. The van der Waals surface area contributed by atoms with Gasteiger partial charge in [-0.2, -0.15) is 0 Å². The van der Waals surface area contributed by atoms with Crippen LogP contribution in [0.5, 0.6) is 0 Å². The van der Waals surface area contributed by atoms with Crippen LogP contribution in [0.25, 0.3) is 0 Å². The summed E-state index contributed by atoms with van der Waals surface area (Å²) in [5.41, 5.74) is 1.63. The van der Waals surface area contributed by atoms with Gasteiger partial charge in [0.25, 0.3) is 5.91 Å². The molecule has 0 aliphatic carbocycles. The number of benzene rings is 1. The van der Waals surface area contributed by atoms with Gasteiger partial charge in [-0.05, 0) is 32.4 Å². The fraction of sp³-hybridized carbons (Fsp3) is 0.333. The third-order valence-electron chi connectivity index (χ3n) is 2.48. The van der Waals surface area contributed by atoms with E-state index < -0.39 is 12.1 Å². The van der Waals surface area contributed by atoms with E-state index in [2.05, 4.69) is 5.32 Å². The summed E-state index contributed by atoms with van der Waals surface area (Å²) in [7, 11) is 0. The second-order valence-corrected chi connectivity index (χ2v) is 5.02. The van der Waals surface area contributed by atoms with E-state index in [4.69, 9.17) is 16.3 Å². The van der Waals surface area contributed by atoms with E-state index in [0.717, 1.165) is 11.1 Å². The second kappa shape index (κ2) is 7.70. The van der Waals surface area contributed by atoms with Crippen molar-refractivity contribution in [3.05, 3.63) is 46.5 Å². The Kier molecular flexibility index (Phi) is 6.25. The molecule has 1 aromatic carbocycles. The number of carbonyl (C=O) groups is 2. The minimum atomic E-state index is -0.847. The van der Waals surface area contributed by atoms with Crippen LogP contribution in [0.3, 0.4) is 0 Å². The van der Waals surface area contributed by atoms with Crippen molar-refractivity contribution in [2.75, 3.05) is 0 Å². The van der Waals surface area contributed by atoms with Crippen LogP contribution < -0.4 is 5.32 Å². The monoisotopic (exact) mass is 295 g/mol. The Labute approximate surface area is 123 Å². The number of halogens is 1. The van der Waals surface area contributed by atoms with Crippen molar-refractivity contribution in [2.45, 2.75) is 33.4 Å². The number of allylic oxidation sites excluding steroid dienone is 1. The Balaban J connectivity index is 2.49. The highest BCUT2D eigenvalue weighted by atomic mass is 35.5. The molecule has 4 nitrogen and oxygen atoms in total. The number of carbonyl (C=O) groups excluding carboxylic acids is 2. The van der Waals surface area contributed by atoms with Gasteiger partial charge in [-0.15, -0.1) is 0 Å². The van der Waals surface area contributed by atoms with Crippen molar-refractivity contribution < 1.29 is 14.3 Å². The Hall–Kier alpha value is -1.81. The van der Waals surface area contributed by atoms with Gasteiger partial charge in [0.2, 0.25) is 0 Å². The maximum Gasteiger partial charge on any atom is 0.331 e. The quantitative estimate of drug-likeness (QED) is 0.671. The van der Waals surface area contributed by atoms with Crippen LogP contribution in [-0.2, 0) is 20.9 Å². The summed E-state index contributed by atoms with van der Waals surface area (Å²) in [6, 6.07) is 7.23.